The van der Waals surface area contributed by atoms with E-state index in [2.05, 4.69) is 10.00 Å². The van der Waals surface area contributed by atoms with E-state index in [1.807, 2.05) is 30.3 Å². The molecule has 0 N–H and O–H groups in total. The van der Waals surface area contributed by atoms with Crippen LogP contribution in [0.5, 0.6) is 0 Å². The summed E-state index contributed by atoms with van der Waals surface area (Å²) >= 11 is 6.36. The SMILES string of the molecule is COCCOC1CCN(c2cnn(-c3ccccc3)c(=O)c2Cl)CC1. The van der Waals surface area contributed by atoms with E-state index in [0.717, 1.165) is 25.9 Å². The molecule has 3 rings (SSSR count). The van der Waals surface area contributed by atoms with Crippen LogP contribution in [0.3, 0.4) is 0 Å². The number of halogens is 1. The lowest BCUT2D eigenvalue weighted by molar-refractivity contribution is 0.00609. The Kier molecular flexibility index (Phi) is 6.07. The van der Waals surface area contributed by atoms with Crippen LogP contribution in [-0.2, 0) is 9.47 Å². The molecule has 1 fully saturated rings. The summed E-state index contributed by atoms with van der Waals surface area (Å²) in [5.41, 5.74) is 1.09. The number of ether oxygens (including phenoxy) is 2. The van der Waals surface area contributed by atoms with Crippen molar-refractivity contribution >= 4 is 17.3 Å². The third kappa shape index (κ3) is 4.21. The lowest BCUT2D eigenvalue weighted by Gasteiger charge is -2.33. The average Bonchev–Trinajstić information content (AvgIpc) is 2.66. The molecule has 1 aliphatic heterocycles. The first-order chi connectivity index (χ1) is 12.2. The highest BCUT2D eigenvalue weighted by Crippen LogP contribution is 2.26. The van der Waals surface area contributed by atoms with Gasteiger partial charge in [0.25, 0.3) is 5.56 Å². The molecule has 25 heavy (non-hydrogen) atoms. The number of hydrogen-bond donors (Lipinski definition) is 0. The van der Waals surface area contributed by atoms with Crippen molar-refractivity contribution in [3.05, 3.63) is 51.9 Å². The van der Waals surface area contributed by atoms with E-state index in [1.165, 1.54) is 4.68 Å². The number of hydrogen-bond acceptors (Lipinski definition) is 5. The molecule has 1 aromatic heterocycles. The van der Waals surface area contributed by atoms with Gasteiger partial charge in [-0.25, -0.2) is 0 Å². The number of benzene rings is 1. The predicted molar refractivity (Wildman–Crippen MR) is 97.9 cm³/mol. The zero-order valence-electron chi connectivity index (χ0n) is 14.2. The minimum absolute atomic E-state index is 0.206. The molecule has 0 saturated carbocycles. The topological polar surface area (TPSA) is 56.6 Å². The molecular formula is C18H22ClN3O3. The van der Waals surface area contributed by atoms with E-state index in [9.17, 15) is 4.79 Å². The number of piperidine rings is 1. The molecule has 0 unspecified atom stereocenters. The summed E-state index contributed by atoms with van der Waals surface area (Å²) in [5, 5.41) is 4.50. The quantitative estimate of drug-likeness (QED) is 0.738. The summed E-state index contributed by atoms with van der Waals surface area (Å²) < 4.78 is 12.1. The molecule has 1 saturated heterocycles. The molecule has 1 aromatic carbocycles. The molecule has 6 nitrogen and oxygen atoms in total. The summed E-state index contributed by atoms with van der Waals surface area (Å²) in [7, 11) is 1.67. The number of methoxy groups -OCH3 is 1. The molecular weight excluding hydrogens is 342 g/mol. The van der Waals surface area contributed by atoms with Crippen LogP contribution in [0.25, 0.3) is 5.69 Å². The molecule has 134 valence electrons. The molecule has 0 aliphatic carbocycles. The molecule has 0 spiro atoms. The maximum atomic E-state index is 12.6. The highest BCUT2D eigenvalue weighted by molar-refractivity contribution is 6.33. The molecule has 2 heterocycles. The first-order valence-electron chi connectivity index (χ1n) is 8.39. The van der Waals surface area contributed by atoms with Crippen molar-refractivity contribution in [1.29, 1.82) is 0 Å². The molecule has 1 aliphatic rings. The summed E-state index contributed by atoms with van der Waals surface area (Å²) in [4.78, 5) is 14.7. The zero-order chi connectivity index (χ0) is 17.6. The Morgan fingerprint density at radius 3 is 2.60 bits per heavy atom. The molecule has 0 amide bonds. The van der Waals surface area contributed by atoms with E-state index >= 15 is 0 Å². The van der Waals surface area contributed by atoms with Gasteiger partial charge < -0.3 is 14.4 Å². The standard InChI is InChI=1S/C18H22ClN3O3/c1-24-11-12-25-15-7-9-21(10-8-15)16-13-20-22(18(23)17(16)19)14-5-3-2-4-6-14/h2-6,13,15H,7-12H2,1H3. The van der Waals surface area contributed by atoms with Gasteiger partial charge in [0.05, 0.1) is 36.9 Å². The highest BCUT2D eigenvalue weighted by Gasteiger charge is 2.23. The number of rotatable bonds is 6. The predicted octanol–water partition coefficient (Wildman–Crippen LogP) is 2.52. The van der Waals surface area contributed by atoms with Gasteiger partial charge in [-0.2, -0.15) is 9.78 Å². The second-order valence-corrected chi connectivity index (χ2v) is 6.32. The van der Waals surface area contributed by atoms with Gasteiger partial charge in [0.2, 0.25) is 0 Å². The Morgan fingerprint density at radius 2 is 1.92 bits per heavy atom. The molecule has 7 heteroatoms. The van der Waals surface area contributed by atoms with Crippen molar-refractivity contribution in [1.82, 2.24) is 9.78 Å². The van der Waals surface area contributed by atoms with Gasteiger partial charge in [-0.1, -0.05) is 29.8 Å². The largest absolute Gasteiger partial charge is 0.382 e. The summed E-state index contributed by atoms with van der Waals surface area (Å²) in [6.07, 6.45) is 3.68. The van der Waals surface area contributed by atoms with Gasteiger partial charge in [0, 0.05) is 20.2 Å². The minimum Gasteiger partial charge on any atom is -0.382 e. The Balaban J connectivity index is 1.70. The first-order valence-corrected chi connectivity index (χ1v) is 8.77. The lowest BCUT2D eigenvalue weighted by atomic mass is 10.1. The third-order valence-corrected chi connectivity index (χ3v) is 4.68. The van der Waals surface area contributed by atoms with E-state index in [0.29, 0.717) is 24.6 Å². The maximum Gasteiger partial charge on any atom is 0.292 e. The number of nitrogens with zero attached hydrogens (tertiary/aromatic N) is 3. The van der Waals surface area contributed by atoms with Crippen LogP contribution >= 0.6 is 11.6 Å². The fourth-order valence-corrected chi connectivity index (χ4v) is 3.21. The van der Waals surface area contributed by atoms with E-state index in [-0.39, 0.29) is 16.7 Å². The van der Waals surface area contributed by atoms with Gasteiger partial charge in [-0.3, -0.25) is 4.79 Å². The number of aromatic nitrogens is 2. The Hall–Kier alpha value is -1.89. The van der Waals surface area contributed by atoms with Gasteiger partial charge in [-0.05, 0) is 25.0 Å². The highest BCUT2D eigenvalue weighted by atomic mass is 35.5. The van der Waals surface area contributed by atoms with Crippen molar-refractivity contribution in [3.63, 3.8) is 0 Å². The normalized spacial score (nSPS) is 15.5. The van der Waals surface area contributed by atoms with Gasteiger partial charge in [-0.15, -0.1) is 0 Å². The first kappa shape index (κ1) is 17.9. The smallest absolute Gasteiger partial charge is 0.292 e. The number of para-hydroxylation sites is 1. The van der Waals surface area contributed by atoms with Crippen LogP contribution < -0.4 is 10.5 Å². The fraction of sp³-hybridized carbons (Fsp3) is 0.444. The lowest BCUT2D eigenvalue weighted by Crippen LogP contribution is -2.38. The monoisotopic (exact) mass is 363 g/mol. The van der Waals surface area contributed by atoms with Crippen LogP contribution in [0.4, 0.5) is 5.69 Å². The van der Waals surface area contributed by atoms with Crippen molar-refractivity contribution in [3.8, 4) is 5.69 Å². The fourth-order valence-electron chi connectivity index (χ4n) is 2.96. The van der Waals surface area contributed by atoms with Gasteiger partial charge in [0.15, 0.2) is 0 Å². The van der Waals surface area contributed by atoms with Crippen LogP contribution in [0.1, 0.15) is 12.8 Å². The van der Waals surface area contributed by atoms with Crippen LogP contribution in [-0.4, -0.2) is 49.3 Å². The molecule has 2 aromatic rings. The van der Waals surface area contributed by atoms with Gasteiger partial charge in [0.1, 0.15) is 5.02 Å². The van der Waals surface area contributed by atoms with Crippen LogP contribution in [0.15, 0.2) is 41.3 Å². The van der Waals surface area contributed by atoms with E-state index < -0.39 is 0 Å². The minimum atomic E-state index is -0.302. The molecule has 0 bridgehead atoms. The summed E-state index contributed by atoms with van der Waals surface area (Å²) in [6.45, 7) is 2.78. The van der Waals surface area contributed by atoms with Crippen molar-refractivity contribution < 1.29 is 9.47 Å². The Labute approximate surface area is 151 Å². The Bertz CT molecular complexity index is 743. The maximum absolute atomic E-state index is 12.6. The Morgan fingerprint density at radius 1 is 1.20 bits per heavy atom. The second-order valence-electron chi connectivity index (χ2n) is 5.95. The summed E-state index contributed by atoms with van der Waals surface area (Å²) in [5.74, 6) is 0. The zero-order valence-corrected chi connectivity index (χ0v) is 15.0. The van der Waals surface area contributed by atoms with Crippen molar-refractivity contribution in [2.45, 2.75) is 18.9 Å². The second kappa shape index (κ2) is 8.47. The van der Waals surface area contributed by atoms with Crippen molar-refractivity contribution in [2.75, 3.05) is 38.3 Å². The third-order valence-electron chi connectivity index (χ3n) is 4.32. The van der Waals surface area contributed by atoms with E-state index in [1.54, 1.807) is 13.3 Å². The van der Waals surface area contributed by atoms with Crippen LogP contribution in [0, 0.1) is 0 Å². The van der Waals surface area contributed by atoms with Crippen LogP contribution in [0.2, 0.25) is 5.02 Å². The average molecular weight is 364 g/mol. The van der Waals surface area contributed by atoms with Crippen molar-refractivity contribution in [2.24, 2.45) is 0 Å². The molecule has 0 radical (unpaired) electrons. The van der Waals surface area contributed by atoms with Gasteiger partial charge >= 0.3 is 0 Å². The number of anilines is 1. The summed E-state index contributed by atoms with van der Waals surface area (Å²) in [6, 6.07) is 9.27. The van der Waals surface area contributed by atoms with E-state index in [4.69, 9.17) is 21.1 Å². The molecule has 0 atom stereocenters.